The second-order valence-corrected chi connectivity index (χ2v) is 5.11. The summed E-state index contributed by atoms with van der Waals surface area (Å²) in [6, 6.07) is 9.69. The molecule has 18 heavy (non-hydrogen) atoms. The van der Waals surface area contributed by atoms with Crippen LogP contribution in [-0.4, -0.2) is 11.5 Å². The zero-order valence-electron chi connectivity index (χ0n) is 10.4. The SMILES string of the molecule is O=c1[nH]c(NCCC2CCC2)cc2ccccc12. The summed E-state index contributed by atoms with van der Waals surface area (Å²) in [6.07, 6.45) is 5.33. The summed E-state index contributed by atoms with van der Waals surface area (Å²) in [6.45, 7) is 0.943. The molecule has 3 rings (SSSR count). The van der Waals surface area contributed by atoms with Gasteiger partial charge in [0.1, 0.15) is 5.82 Å². The summed E-state index contributed by atoms with van der Waals surface area (Å²) >= 11 is 0. The summed E-state index contributed by atoms with van der Waals surface area (Å²) in [7, 11) is 0. The van der Waals surface area contributed by atoms with E-state index in [0.29, 0.717) is 0 Å². The average Bonchev–Trinajstić information content (AvgIpc) is 2.32. The Kier molecular flexibility index (Phi) is 3.05. The van der Waals surface area contributed by atoms with Crippen LogP contribution in [0.4, 0.5) is 5.82 Å². The van der Waals surface area contributed by atoms with Crippen molar-refractivity contribution < 1.29 is 0 Å². The maximum absolute atomic E-state index is 11.9. The molecule has 1 saturated carbocycles. The quantitative estimate of drug-likeness (QED) is 0.865. The third kappa shape index (κ3) is 2.26. The molecule has 0 spiro atoms. The molecule has 0 atom stereocenters. The first-order valence-electron chi connectivity index (χ1n) is 6.69. The Morgan fingerprint density at radius 2 is 2.11 bits per heavy atom. The van der Waals surface area contributed by atoms with Gasteiger partial charge >= 0.3 is 0 Å². The second-order valence-electron chi connectivity index (χ2n) is 5.11. The van der Waals surface area contributed by atoms with E-state index in [2.05, 4.69) is 10.3 Å². The second kappa shape index (κ2) is 4.84. The van der Waals surface area contributed by atoms with Crippen LogP contribution in [0.2, 0.25) is 0 Å². The van der Waals surface area contributed by atoms with Gasteiger partial charge in [-0.25, -0.2) is 0 Å². The van der Waals surface area contributed by atoms with Crippen molar-refractivity contribution in [1.29, 1.82) is 0 Å². The number of hydrogen-bond donors (Lipinski definition) is 2. The summed E-state index contributed by atoms with van der Waals surface area (Å²) in [5.74, 6) is 1.72. The topological polar surface area (TPSA) is 44.9 Å². The van der Waals surface area contributed by atoms with Crippen molar-refractivity contribution in [2.24, 2.45) is 5.92 Å². The lowest BCUT2D eigenvalue weighted by molar-refractivity contribution is 0.303. The van der Waals surface area contributed by atoms with Crippen molar-refractivity contribution in [3.05, 3.63) is 40.7 Å². The number of hydrogen-bond acceptors (Lipinski definition) is 2. The Morgan fingerprint density at radius 1 is 1.28 bits per heavy atom. The molecule has 1 aliphatic rings. The molecule has 1 heterocycles. The first-order valence-corrected chi connectivity index (χ1v) is 6.69. The smallest absolute Gasteiger partial charge is 0.257 e. The zero-order chi connectivity index (χ0) is 12.4. The van der Waals surface area contributed by atoms with Gasteiger partial charge in [0, 0.05) is 11.9 Å². The van der Waals surface area contributed by atoms with Crippen molar-refractivity contribution in [2.45, 2.75) is 25.7 Å². The van der Waals surface area contributed by atoms with Gasteiger partial charge in [-0.1, -0.05) is 37.5 Å². The molecule has 1 fully saturated rings. The maximum atomic E-state index is 11.9. The van der Waals surface area contributed by atoms with Gasteiger partial charge in [-0.3, -0.25) is 4.79 Å². The fraction of sp³-hybridized carbons (Fsp3) is 0.400. The molecule has 2 aromatic rings. The molecule has 2 N–H and O–H groups in total. The van der Waals surface area contributed by atoms with Gasteiger partial charge in [-0.05, 0) is 29.9 Å². The molecule has 94 valence electrons. The minimum atomic E-state index is -0.0146. The monoisotopic (exact) mass is 242 g/mol. The summed E-state index contributed by atoms with van der Waals surface area (Å²) in [5.41, 5.74) is -0.0146. The standard InChI is InChI=1S/C15H18N2O/c18-15-13-7-2-1-6-12(13)10-14(17-15)16-9-8-11-4-3-5-11/h1-2,6-7,10-11H,3-5,8-9H2,(H2,16,17,18). The number of H-pyrrole nitrogens is 1. The molecule has 0 bridgehead atoms. The van der Waals surface area contributed by atoms with Crippen LogP contribution in [0, 0.1) is 5.92 Å². The normalized spacial score (nSPS) is 15.6. The van der Waals surface area contributed by atoms with Crippen molar-refractivity contribution >= 4 is 16.6 Å². The van der Waals surface area contributed by atoms with Crippen LogP contribution >= 0.6 is 0 Å². The van der Waals surface area contributed by atoms with Gasteiger partial charge in [-0.15, -0.1) is 0 Å². The highest BCUT2D eigenvalue weighted by molar-refractivity contribution is 5.83. The fourth-order valence-corrected chi connectivity index (χ4v) is 2.50. The van der Waals surface area contributed by atoms with E-state index in [1.165, 1.54) is 25.7 Å². The highest BCUT2D eigenvalue weighted by atomic mass is 16.1. The third-order valence-corrected chi connectivity index (χ3v) is 3.85. The number of anilines is 1. The van der Waals surface area contributed by atoms with E-state index in [0.717, 1.165) is 29.1 Å². The number of benzene rings is 1. The van der Waals surface area contributed by atoms with Crippen LogP contribution in [0.1, 0.15) is 25.7 Å². The molecule has 1 aliphatic carbocycles. The Bertz CT molecular complexity index is 599. The molecular weight excluding hydrogens is 224 g/mol. The lowest BCUT2D eigenvalue weighted by Crippen LogP contribution is -2.17. The zero-order valence-corrected chi connectivity index (χ0v) is 10.4. The number of aromatic amines is 1. The molecule has 0 unspecified atom stereocenters. The summed E-state index contributed by atoms with van der Waals surface area (Å²) in [5, 5.41) is 5.07. The molecule has 3 nitrogen and oxygen atoms in total. The van der Waals surface area contributed by atoms with Crippen LogP contribution in [0.15, 0.2) is 35.1 Å². The van der Waals surface area contributed by atoms with E-state index in [4.69, 9.17) is 0 Å². The van der Waals surface area contributed by atoms with E-state index in [1.54, 1.807) is 0 Å². The van der Waals surface area contributed by atoms with Crippen molar-refractivity contribution in [2.75, 3.05) is 11.9 Å². The maximum Gasteiger partial charge on any atom is 0.257 e. The Morgan fingerprint density at radius 3 is 2.89 bits per heavy atom. The van der Waals surface area contributed by atoms with E-state index in [9.17, 15) is 4.79 Å². The predicted molar refractivity (Wildman–Crippen MR) is 75.0 cm³/mol. The molecule has 3 heteroatoms. The summed E-state index contributed by atoms with van der Waals surface area (Å²) in [4.78, 5) is 14.8. The lowest BCUT2D eigenvalue weighted by Gasteiger charge is -2.25. The van der Waals surface area contributed by atoms with E-state index in [-0.39, 0.29) is 5.56 Å². The van der Waals surface area contributed by atoms with Gasteiger partial charge in [-0.2, -0.15) is 0 Å². The number of pyridine rings is 1. The van der Waals surface area contributed by atoms with Crippen molar-refractivity contribution in [1.82, 2.24) is 4.98 Å². The van der Waals surface area contributed by atoms with Crippen molar-refractivity contribution in [3.8, 4) is 0 Å². The van der Waals surface area contributed by atoms with Crippen LogP contribution in [-0.2, 0) is 0 Å². The average molecular weight is 242 g/mol. The van der Waals surface area contributed by atoms with Gasteiger partial charge < -0.3 is 10.3 Å². The van der Waals surface area contributed by atoms with Crippen LogP contribution in [0.5, 0.6) is 0 Å². The minimum absolute atomic E-state index is 0.0146. The number of rotatable bonds is 4. The summed E-state index contributed by atoms with van der Waals surface area (Å²) < 4.78 is 0. The van der Waals surface area contributed by atoms with E-state index in [1.807, 2.05) is 30.3 Å². The molecular formula is C15H18N2O. The van der Waals surface area contributed by atoms with E-state index < -0.39 is 0 Å². The first kappa shape index (κ1) is 11.3. The highest BCUT2D eigenvalue weighted by Crippen LogP contribution is 2.29. The van der Waals surface area contributed by atoms with Gasteiger partial charge in [0.15, 0.2) is 0 Å². The number of nitrogens with one attached hydrogen (secondary N) is 2. The molecule has 0 amide bonds. The highest BCUT2D eigenvalue weighted by Gasteiger charge is 2.16. The fourth-order valence-electron chi connectivity index (χ4n) is 2.50. The largest absolute Gasteiger partial charge is 0.372 e. The molecule has 1 aromatic carbocycles. The van der Waals surface area contributed by atoms with Crippen LogP contribution in [0.3, 0.4) is 0 Å². The lowest BCUT2D eigenvalue weighted by atomic mass is 9.83. The van der Waals surface area contributed by atoms with Gasteiger partial charge in [0.25, 0.3) is 5.56 Å². The molecule has 0 aliphatic heterocycles. The first-order chi connectivity index (χ1) is 8.83. The molecule has 0 saturated heterocycles. The van der Waals surface area contributed by atoms with Gasteiger partial charge in [0.2, 0.25) is 0 Å². The van der Waals surface area contributed by atoms with E-state index >= 15 is 0 Å². The molecule has 0 radical (unpaired) electrons. The van der Waals surface area contributed by atoms with Crippen molar-refractivity contribution in [3.63, 3.8) is 0 Å². The minimum Gasteiger partial charge on any atom is -0.372 e. The number of fused-ring (bicyclic) bond motifs is 1. The van der Waals surface area contributed by atoms with Crippen LogP contribution < -0.4 is 10.9 Å². The molecule has 1 aromatic heterocycles. The Balaban J connectivity index is 1.73. The third-order valence-electron chi connectivity index (χ3n) is 3.85. The number of aromatic nitrogens is 1. The van der Waals surface area contributed by atoms with Gasteiger partial charge in [0.05, 0.1) is 0 Å². The predicted octanol–water partition coefficient (Wildman–Crippen LogP) is 3.13. The Hall–Kier alpha value is -1.77. The van der Waals surface area contributed by atoms with Crippen LogP contribution in [0.25, 0.3) is 10.8 Å². The Labute approximate surface area is 106 Å².